The van der Waals surface area contributed by atoms with E-state index in [1.807, 2.05) is 19.9 Å². The van der Waals surface area contributed by atoms with Gasteiger partial charge in [0.15, 0.2) is 41.8 Å². The van der Waals surface area contributed by atoms with E-state index in [0.29, 0.717) is 31.1 Å². The number of carbonyl (C=O) groups is 1. The highest BCUT2D eigenvalue weighted by Gasteiger charge is 2.61. The van der Waals surface area contributed by atoms with Crippen LogP contribution in [0.25, 0.3) is 0 Å². The number of unbranched alkanes of at least 4 members (excludes halogenated alkanes) is 3. The van der Waals surface area contributed by atoms with Gasteiger partial charge < -0.3 is 75.8 Å². The van der Waals surface area contributed by atoms with Crippen molar-refractivity contribution < 1.29 is 80.6 Å². The fraction of sp³-hybridized carbons (Fsp3) is 0.809. The van der Waals surface area contributed by atoms with Gasteiger partial charge in [-0.3, -0.25) is 0 Å². The van der Waals surface area contributed by atoms with Gasteiger partial charge in [-0.05, 0) is 72.9 Å². The van der Waals surface area contributed by atoms with Crippen LogP contribution in [0.1, 0.15) is 111 Å². The SMILES string of the molecule is CCCCOC1=CO[C@@H](OC2C3OC(C)(C)O[C@H]3C(COC(=O)c3ccccc3)O[C@H]2O[C@H](C2COC(C)(C)O2)C2OC(C)(C)OC2C(OC)OC)C(OCCCC)C1OCCCC. The number of carbonyl (C=O) groups excluding carboxylic acids is 1. The zero-order chi connectivity index (χ0) is 46.1. The summed E-state index contributed by atoms with van der Waals surface area (Å²) in [7, 11) is 3.06. The van der Waals surface area contributed by atoms with E-state index in [-0.39, 0.29) is 13.2 Å². The van der Waals surface area contributed by atoms with Crippen molar-refractivity contribution in [2.45, 2.75) is 198 Å². The topological polar surface area (TPSA) is 165 Å². The third-order valence-electron chi connectivity index (χ3n) is 11.6. The number of fused-ring (bicyclic) bond motifs is 1. The van der Waals surface area contributed by atoms with Gasteiger partial charge in [-0.1, -0.05) is 58.2 Å². The van der Waals surface area contributed by atoms with Crippen molar-refractivity contribution in [2.75, 3.05) is 47.3 Å². The smallest absolute Gasteiger partial charge is 0.338 e. The lowest BCUT2D eigenvalue weighted by Crippen LogP contribution is -2.63. The molecule has 0 bridgehead atoms. The molecule has 64 heavy (non-hydrogen) atoms. The van der Waals surface area contributed by atoms with Gasteiger partial charge in [-0.15, -0.1) is 0 Å². The molecule has 364 valence electrons. The standard InChI is InChI=1S/C47H74O17/c1-12-15-23-51-30-26-55-43(38(53-25-17-14-3)33(30)52-24-16-13-2)59-39-37-35(61-46(6,7)63-37)31(27-54-41(48)29-21-19-18-20-22-29)57-44(39)58-34(32-28-56-45(4,5)60-32)36-40(42(49-10)50-11)64-47(8,9)62-36/h18-22,26,31-40,42-44H,12-17,23-25,27-28H2,1-11H3/t31?,32?,33?,34-,35+,36?,37?,38?,39?,40?,43+,44+/m1/s1. The molecule has 6 rings (SSSR count). The number of benzene rings is 1. The van der Waals surface area contributed by atoms with Crippen LogP contribution in [0, 0.1) is 0 Å². The van der Waals surface area contributed by atoms with Crippen molar-refractivity contribution in [2.24, 2.45) is 0 Å². The number of esters is 1. The molecule has 12 atom stereocenters. The van der Waals surface area contributed by atoms with Crippen LogP contribution >= 0.6 is 0 Å². The van der Waals surface area contributed by atoms with E-state index in [1.54, 1.807) is 58.2 Å². The molecule has 0 aromatic heterocycles. The molecule has 5 aliphatic heterocycles. The van der Waals surface area contributed by atoms with Crippen molar-refractivity contribution in [3.8, 4) is 0 Å². The van der Waals surface area contributed by atoms with Crippen LogP contribution in [0.3, 0.4) is 0 Å². The summed E-state index contributed by atoms with van der Waals surface area (Å²) in [5.74, 6) is -3.15. The molecule has 17 nitrogen and oxygen atoms in total. The van der Waals surface area contributed by atoms with Gasteiger partial charge in [0.1, 0.15) is 67.8 Å². The number of ether oxygens (including phenoxy) is 16. The number of hydrogen-bond donors (Lipinski definition) is 0. The Kier molecular flexibility index (Phi) is 18.3. The lowest BCUT2D eigenvalue weighted by atomic mass is 9.97. The van der Waals surface area contributed by atoms with Gasteiger partial charge in [-0.25, -0.2) is 4.79 Å². The van der Waals surface area contributed by atoms with E-state index in [4.69, 9.17) is 75.8 Å². The summed E-state index contributed by atoms with van der Waals surface area (Å²) in [6, 6.07) is 8.73. The Morgan fingerprint density at radius 3 is 2.03 bits per heavy atom. The Hall–Kier alpha value is -2.49. The maximum Gasteiger partial charge on any atom is 0.338 e. The summed E-state index contributed by atoms with van der Waals surface area (Å²) in [5, 5.41) is 0. The van der Waals surface area contributed by atoms with Gasteiger partial charge in [0.05, 0.1) is 18.8 Å². The van der Waals surface area contributed by atoms with Crippen LogP contribution in [0.15, 0.2) is 42.4 Å². The molecular formula is C47H74O17. The first-order valence-corrected chi connectivity index (χ1v) is 23.1. The molecule has 0 saturated carbocycles. The summed E-state index contributed by atoms with van der Waals surface area (Å²) in [6.07, 6.45) is -4.65. The second-order valence-electron chi connectivity index (χ2n) is 18.1. The number of hydrogen-bond acceptors (Lipinski definition) is 17. The van der Waals surface area contributed by atoms with Crippen molar-refractivity contribution in [1.29, 1.82) is 0 Å². The third kappa shape index (κ3) is 12.9. The highest BCUT2D eigenvalue weighted by Crippen LogP contribution is 2.44. The summed E-state index contributed by atoms with van der Waals surface area (Å²) >= 11 is 0. The van der Waals surface area contributed by atoms with Crippen molar-refractivity contribution in [3.63, 3.8) is 0 Å². The summed E-state index contributed by atoms with van der Waals surface area (Å²) in [4.78, 5) is 13.4. The van der Waals surface area contributed by atoms with E-state index < -0.39 is 103 Å². The van der Waals surface area contributed by atoms with Gasteiger partial charge in [0.25, 0.3) is 0 Å². The zero-order valence-corrected chi connectivity index (χ0v) is 39.7. The second-order valence-corrected chi connectivity index (χ2v) is 18.1. The summed E-state index contributed by atoms with van der Waals surface area (Å²) in [5.41, 5.74) is 0.386. The molecule has 1 aromatic rings. The Morgan fingerprint density at radius 2 is 1.38 bits per heavy atom. The lowest BCUT2D eigenvalue weighted by molar-refractivity contribution is -0.350. The summed E-state index contributed by atoms with van der Waals surface area (Å²) in [6.45, 7) is 18.5. The predicted octanol–water partition coefficient (Wildman–Crippen LogP) is 6.53. The molecule has 4 saturated heterocycles. The number of methoxy groups -OCH3 is 2. The lowest BCUT2D eigenvalue weighted by Gasteiger charge is -2.46. The maximum atomic E-state index is 13.4. The quantitative estimate of drug-likeness (QED) is 0.0624. The average Bonchev–Trinajstić information content (AvgIpc) is 3.91. The Balaban J connectivity index is 1.40. The second kappa shape index (κ2) is 23.0. The molecule has 8 unspecified atom stereocenters. The molecule has 0 spiro atoms. The molecule has 4 fully saturated rings. The first kappa shape index (κ1) is 50.9. The fourth-order valence-corrected chi connectivity index (χ4v) is 8.46. The van der Waals surface area contributed by atoms with Crippen molar-refractivity contribution in [3.05, 3.63) is 47.9 Å². The molecule has 1 aromatic carbocycles. The van der Waals surface area contributed by atoms with Gasteiger partial charge in [-0.2, -0.15) is 0 Å². The Bertz CT molecular complexity index is 1600. The first-order valence-electron chi connectivity index (χ1n) is 23.1. The maximum absolute atomic E-state index is 13.4. The molecule has 5 heterocycles. The minimum Gasteiger partial charge on any atom is -0.492 e. The molecule has 0 aliphatic carbocycles. The zero-order valence-electron chi connectivity index (χ0n) is 39.7. The molecular weight excluding hydrogens is 836 g/mol. The molecule has 5 aliphatic rings. The van der Waals surface area contributed by atoms with Crippen molar-refractivity contribution in [1.82, 2.24) is 0 Å². The van der Waals surface area contributed by atoms with Crippen LogP contribution in [-0.4, -0.2) is 150 Å². The normalized spacial score (nSPS) is 33.4. The average molecular weight is 911 g/mol. The number of rotatable bonds is 24. The van der Waals surface area contributed by atoms with E-state index >= 15 is 0 Å². The van der Waals surface area contributed by atoms with Crippen LogP contribution in [-0.2, 0) is 75.8 Å². The largest absolute Gasteiger partial charge is 0.492 e. The third-order valence-corrected chi connectivity index (χ3v) is 11.6. The van der Waals surface area contributed by atoms with E-state index in [1.165, 1.54) is 14.2 Å². The van der Waals surface area contributed by atoms with Crippen LogP contribution < -0.4 is 0 Å². The van der Waals surface area contributed by atoms with E-state index in [9.17, 15) is 4.79 Å². The molecule has 0 N–H and O–H groups in total. The molecule has 0 radical (unpaired) electrons. The van der Waals surface area contributed by atoms with Crippen LogP contribution in [0.5, 0.6) is 0 Å². The highest BCUT2D eigenvalue weighted by atomic mass is 16.8. The van der Waals surface area contributed by atoms with Crippen LogP contribution in [0.4, 0.5) is 0 Å². The van der Waals surface area contributed by atoms with E-state index in [2.05, 4.69) is 20.8 Å². The van der Waals surface area contributed by atoms with E-state index in [0.717, 1.165) is 38.5 Å². The highest BCUT2D eigenvalue weighted by molar-refractivity contribution is 5.89. The first-order chi connectivity index (χ1) is 30.6. The fourth-order valence-electron chi connectivity index (χ4n) is 8.46. The van der Waals surface area contributed by atoms with Crippen molar-refractivity contribution >= 4 is 5.97 Å². The van der Waals surface area contributed by atoms with Gasteiger partial charge in [0, 0.05) is 27.4 Å². The molecule has 0 amide bonds. The van der Waals surface area contributed by atoms with Gasteiger partial charge in [0.2, 0.25) is 6.29 Å². The molecule has 17 heteroatoms. The van der Waals surface area contributed by atoms with Crippen LogP contribution in [0.2, 0.25) is 0 Å². The monoisotopic (exact) mass is 910 g/mol. The minimum absolute atomic E-state index is 0.145. The van der Waals surface area contributed by atoms with Gasteiger partial charge >= 0.3 is 5.97 Å². The predicted molar refractivity (Wildman–Crippen MR) is 229 cm³/mol. The minimum atomic E-state index is -1.27. The Labute approximate surface area is 379 Å². The Morgan fingerprint density at radius 1 is 0.734 bits per heavy atom. The summed E-state index contributed by atoms with van der Waals surface area (Å²) < 4.78 is 103.